The number of carbonyl (C=O) groups is 2. The highest BCUT2D eigenvalue weighted by molar-refractivity contribution is 5.95. The summed E-state index contributed by atoms with van der Waals surface area (Å²) in [6.07, 6.45) is 4.43. The molecule has 3 aromatic rings. The van der Waals surface area contributed by atoms with E-state index in [0.29, 0.717) is 25.1 Å². The zero-order valence-electron chi connectivity index (χ0n) is 18.3. The molecule has 0 saturated carbocycles. The number of hydrogen-bond donors (Lipinski definition) is 0. The van der Waals surface area contributed by atoms with Crippen LogP contribution in [0.3, 0.4) is 0 Å². The monoisotopic (exact) mass is 406 g/mol. The van der Waals surface area contributed by atoms with Crippen LogP contribution < -0.4 is 4.90 Å². The third kappa shape index (κ3) is 4.53. The van der Waals surface area contributed by atoms with E-state index in [-0.39, 0.29) is 11.8 Å². The number of aryl methyl sites for hydroxylation is 1. The second kappa shape index (κ2) is 9.57. The van der Waals surface area contributed by atoms with Gasteiger partial charge in [-0.15, -0.1) is 0 Å². The van der Waals surface area contributed by atoms with E-state index in [0.717, 1.165) is 35.6 Å². The topological polar surface area (TPSA) is 57.9 Å². The molecule has 0 bridgehead atoms. The lowest BCUT2D eigenvalue weighted by Crippen LogP contribution is -2.31. The fourth-order valence-electron chi connectivity index (χ4n) is 3.61. The first-order valence-electron chi connectivity index (χ1n) is 10.5. The van der Waals surface area contributed by atoms with E-state index in [9.17, 15) is 9.59 Å². The highest BCUT2D eigenvalue weighted by Gasteiger charge is 2.22. The lowest BCUT2D eigenvalue weighted by Gasteiger charge is -2.22. The van der Waals surface area contributed by atoms with Crippen LogP contribution in [0.1, 0.15) is 55.2 Å². The summed E-state index contributed by atoms with van der Waals surface area (Å²) in [4.78, 5) is 33.7. The first kappa shape index (κ1) is 21.6. The lowest BCUT2D eigenvalue weighted by molar-refractivity contribution is -0.116. The van der Waals surface area contributed by atoms with Crippen molar-refractivity contribution in [3.63, 3.8) is 0 Å². The molecule has 0 aliphatic carbocycles. The number of anilines is 1. The van der Waals surface area contributed by atoms with Crippen molar-refractivity contribution in [2.24, 2.45) is 0 Å². The molecule has 0 N–H and O–H groups in total. The maximum absolute atomic E-state index is 13.1. The molecule has 0 aliphatic rings. The molecule has 0 radical (unpaired) electrons. The van der Waals surface area contributed by atoms with Gasteiger partial charge in [0, 0.05) is 33.3 Å². The molecule has 6 heteroatoms. The molecular formula is C24H30N4O2. The van der Waals surface area contributed by atoms with Gasteiger partial charge in [-0.05, 0) is 30.5 Å². The number of nitrogens with zero attached hydrogens (tertiary/aromatic N) is 4. The van der Waals surface area contributed by atoms with Crippen molar-refractivity contribution in [2.75, 3.05) is 18.5 Å². The van der Waals surface area contributed by atoms with E-state index < -0.39 is 0 Å². The number of pyridine rings is 1. The molecule has 0 atom stereocenters. The number of hydrogen-bond acceptors (Lipinski definition) is 3. The predicted molar refractivity (Wildman–Crippen MR) is 120 cm³/mol. The number of rotatable bonds is 8. The average molecular weight is 407 g/mol. The molecule has 1 aromatic carbocycles. The van der Waals surface area contributed by atoms with Crippen LogP contribution in [0, 0.1) is 0 Å². The van der Waals surface area contributed by atoms with Crippen molar-refractivity contribution < 1.29 is 9.59 Å². The Kier molecular flexibility index (Phi) is 6.87. The number of carbonyl (C=O) groups excluding carboxylic acids is 2. The average Bonchev–Trinajstić information content (AvgIpc) is 3.11. The van der Waals surface area contributed by atoms with Gasteiger partial charge in [0.1, 0.15) is 11.5 Å². The van der Waals surface area contributed by atoms with Crippen LogP contribution in [0.15, 0.2) is 48.7 Å². The summed E-state index contributed by atoms with van der Waals surface area (Å²) in [7, 11) is 1.80. The third-order valence-electron chi connectivity index (χ3n) is 5.22. The van der Waals surface area contributed by atoms with Crippen molar-refractivity contribution >= 4 is 23.3 Å². The molecule has 0 unspecified atom stereocenters. The molecule has 158 valence electrons. The summed E-state index contributed by atoms with van der Waals surface area (Å²) in [6, 6.07) is 13.6. The Morgan fingerprint density at radius 1 is 1.07 bits per heavy atom. The maximum Gasteiger partial charge on any atom is 0.255 e. The zero-order chi connectivity index (χ0) is 21.7. The quantitative estimate of drug-likeness (QED) is 0.560. The number of imidazole rings is 1. The molecule has 2 heterocycles. The highest BCUT2D eigenvalue weighted by atomic mass is 16.2. The van der Waals surface area contributed by atoms with Gasteiger partial charge in [-0.1, -0.05) is 50.6 Å². The second-order valence-corrected chi connectivity index (χ2v) is 7.55. The summed E-state index contributed by atoms with van der Waals surface area (Å²) in [6.45, 7) is 6.89. The van der Waals surface area contributed by atoms with E-state index in [1.807, 2.05) is 53.9 Å². The molecule has 0 fully saturated rings. The first-order valence-corrected chi connectivity index (χ1v) is 10.5. The number of unbranched alkanes of at least 4 members (excludes halogenated alkanes) is 1. The second-order valence-electron chi connectivity index (χ2n) is 7.55. The summed E-state index contributed by atoms with van der Waals surface area (Å²) in [5, 5.41) is 0. The lowest BCUT2D eigenvalue weighted by atomic mass is 10.2. The maximum atomic E-state index is 13.1. The van der Waals surface area contributed by atoms with Crippen LogP contribution in [-0.4, -0.2) is 39.7 Å². The Labute approximate surface area is 178 Å². The van der Waals surface area contributed by atoms with Crippen molar-refractivity contribution in [3.05, 3.63) is 65.5 Å². The summed E-state index contributed by atoms with van der Waals surface area (Å²) in [5.41, 5.74) is 3.25. The molecule has 30 heavy (non-hydrogen) atoms. The van der Waals surface area contributed by atoms with Crippen molar-refractivity contribution in [1.82, 2.24) is 14.3 Å². The standard InChI is InChI=1S/C24H30N4O2/c1-5-7-15-27(18(3)29)23-21(6-2)25-22-14-13-20(17-28(22)23)24(30)26(4)16-19-11-9-8-10-12-19/h8-14,17H,5-7,15-16H2,1-4H3. The first-order chi connectivity index (χ1) is 14.5. The van der Waals surface area contributed by atoms with Crippen LogP contribution in [-0.2, 0) is 17.8 Å². The van der Waals surface area contributed by atoms with Crippen LogP contribution in [0.4, 0.5) is 5.82 Å². The summed E-state index contributed by atoms with van der Waals surface area (Å²) in [5.74, 6) is 0.688. The van der Waals surface area contributed by atoms with Gasteiger partial charge in [-0.2, -0.15) is 0 Å². The summed E-state index contributed by atoms with van der Waals surface area (Å²) >= 11 is 0. The fourth-order valence-corrected chi connectivity index (χ4v) is 3.61. The van der Waals surface area contributed by atoms with Gasteiger partial charge in [0.05, 0.1) is 11.3 Å². The molecule has 2 aromatic heterocycles. The smallest absolute Gasteiger partial charge is 0.255 e. The van der Waals surface area contributed by atoms with Gasteiger partial charge < -0.3 is 4.90 Å². The number of fused-ring (bicyclic) bond motifs is 1. The Bertz CT molecular complexity index is 1030. The minimum Gasteiger partial charge on any atom is -0.337 e. The Morgan fingerprint density at radius 2 is 1.80 bits per heavy atom. The van der Waals surface area contributed by atoms with E-state index >= 15 is 0 Å². The van der Waals surface area contributed by atoms with Crippen LogP contribution >= 0.6 is 0 Å². The molecular weight excluding hydrogens is 376 g/mol. The van der Waals surface area contributed by atoms with E-state index in [2.05, 4.69) is 6.92 Å². The van der Waals surface area contributed by atoms with Gasteiger partial charge in [0.25, 0.3) is 5.91 Å². The molecule has 2 amide bonds. The SMILES string of the molecule is CCCCN(C(C)=O)c1c(CC)nc2ccc(C(=O)N(C)Cc3ccccc3)cn12. The van der Waals surface area contributed by atoms with Gasteiger partial charge >= 0.3 is 0 Å². The molecule has 0 spiro atoms. The van der Waals surface area contributed by atoms with Gasteiger partial charge in [0.2, 0.25) is 5.91 Å². The third-order valence-corrected chi connectivity index (χ3v) is 5.22. The minimum absolute atomic E-state index is 0.0159. The fraction of sp³-hybridized carbons (Fsp3) is 0.375. The summed E-state index contributed by atoms with van der Waals surface area (Å²) < 4.78 is 1.89. The van der Waals surface area contributed by atoms with Crippen molar-refractivity contribution in [2.45, 2.75) is 46.6 Å². The van der Waals surface area contributed by atoms with Crippen LogP contribution in [0.5, 0.6) is 0 Å². The Balaban J connectivity index is 1.97. The van der Waals surface area contributed by atoms with Crippen molar-refractivity contribution in [1.29, 1.82) is 0 Å². The largest absolute Gasteiger partial charge is 0.337 e. The highest BCUT2D eigenvalue weighted by Crippen LogP contribution is 2.25. The Morgan fingerprint density at radius 3 is 2.43 bits per heavy atom. The van der Waals surface area contributed by atoms with E-state index in [1.165, 1.54) is 0 Å². The minimum atomic E-state index is -0.0682. The van der Waals surface area contributed by atoms with Gasteiger partial charge in [0.15, 0.2) is 0 Å². The number of aromatic nitrogens is 2. The van der Waals surface area contributed by atoms with Crippen LogP contribution in [0.2, 0.25) is 0 Å². The molecule has 0 saturated heterocycles. The van der Waals surface area contributed by atoms with Crippen molar-refractivity contribution in [3.8, 4) is 0 Å². The predicted octanol–water partition coefficient (Wildman–Crippen LogP) is 4.32. The van der Waals surface area contributed by atoms with E-state index in [1.54, 1.807) is 29.8 Å². The zero-order valence-corrected chi connectivity index (χ0v) is 18.3. The normalized spacial score (nSPS) is 10.9. The molecule has 0 aliphatic heterocycles. The van der Waals surface area contributed by atoms with Crippen LogP contribution in [0.25, 0.3) is 5.65 Å². The Hall–Kier alpha value is -3.15. The van der Waals surface area contributed by atoms with Gasteiger partial charge in [-0.3, -0.25) is 18.9 Å². The molecule has 6 nitrogen and oxygen atoms in total. The number of amides is 2. The van der Waals surface area contributed by atoms with E-state index in [4.69, 9.17) is 4.98 Å². The number of benzene rings is 1. The van der Waals surface area contributed by atoms with Gasteiger partial charge in [-0.25, -0.2) is 4.98 Å². The molecule has 3 rings (SSSR count).